The largest absolute Gasteiger partial charge is 0.367 e. The summed E-state index contributed by atoms with van der Waals surface area (Å²) in [4.78, 5) is 3.92. The summed E-state index contributed by atoms with van der Waals surface area (Å²) in [7, 11) is -3.74. The van der Waals surface area contributed by atoms with Crippen molar-refractivity contribution in [3.05, 3.63) is 72.1 Å². The highest BCUT2D eigenvalue weighted by molar-refractivity contribution is 7.88. The molecule has 0 saturated carbocycles. The van der Waals surface area contributed by atoms with Crippen LogP contribution in [0.1, 0.15) is 5.56 Å². The maximum Gasteiger partial charge on any atom is 0.215 e. The zero-order chi connectivity index (χ0) is 20.7. The molecule has 0 saturated heterocycles. The predicted octanol–water partition coefficient (Wildman–Crippen LogP) is 2.42. The molecule has 0 atom stereocenters. The first kappa shape index (κ1) is 20.6. The highest BCUT2D eigenvalue weighted by atomic mass is 32.2. The molecule has 3 N–H and O–H groups in total. The average Bonchev–Trinajstić information content (AvgIpc) is 2.66. The minimum absolute atomic E-state index is 0.0334. The molecule has 2 aromatic heterocycles. The zero-order valence-corrected chi connectivity index (χ0v) is 16.0. The quantitative estimate of drug-likeness (QED) is 0.456. The third-order valence-electron chi connectivity index (χ3n) is 3.65. The Balaban J connectivity index is 1.44. The molecule has 0 spiro atoms. The molecule has 3 rings (SSSR count). The van der Waals surface area contributed by atoms with E-state index in [-0.39, 0.29) is 18.7 Å². The van der Waals surface area contributed by atoms with E-state index in [9.17, 15) is 17.2 Å². The summed E-state index contributed by atoms with van der Waals surface area (Å²) in [6.45, 7) is 0.321. The van der Waals surface area contributed by atoms with Gasteiger partial charge in [0.25, 0.3) is 0 Å². The lowest BCUT2D eigenvalue weighted by Crippen LogP contribution is -2.30. The standard InChI is InChI=1S/C18H18F2N6O2S/c19-14-9-13(10-15(20)11-14)12-29(27,28)23-8-7-22-17-1-2-18(26-25-17)24-16-3-5-21-6-4-16/h1-6,9-11,23H,7-8,12H2,(H,22,25)(H,21,24,26). The molecule has 0 amide bonds. The number of nitrogens with one attached hydrogen (secondary N) is 3. The molecule has 29 heavy (non-hydrogen) atoms. The molecule has 1 aromatic carbocycles. The monoisotopic (exact) mass is 420 g/mol. The van der Waals surface area contributed by atoms with Crippen LogP contribution in [0.5, 0.6) is 0 Å². The first-order valence-corrected chi connectivity index (χ1v) is 10.2. The molecule has 0 unspecified atom stereocenters. The minimum Gasteiger partial charge on any atom is -0.367 e. The number of anilines is 3. The fraction of sp³-hybridized carbons (Fsp3) is 0.167. The van der Waals surface area contributed by atoms with Gasteiger partial charge in [-0.1, -0.05) is 0 Å². The summed E-state index contributed by atoms with van der Waals surface area (Å²) in [6.07, 6.45) is 3.30. The molecule has 2 heterocycles. The van der Waals surface area contributed by atoms with Crippen LogP contribution in [0.25, 0.3) is 0 Å². The summed E-state index contributed by atoms with van der Waals surface area (Å²) in [5.41, 5.74) is 0.855. The van der Waals surface area contributed by atoms with Crippen molar-refractivity contribution in [2.45, 2.75) is 5.75 Å². The van der Waals surface area contributed by atoms with E-state index in [4.69, 9.17) is 0 Å². The number of aromatic nitrogens is 3. The van der Waals surface area contributed by atoms with Crippen molar-refractivity contribution >= 4 is 27.3 Å². The summed E-state index contributed by atoms with van der Waals surface area (Å²) >= 11 is 0. The maximum atomic E-state index is 13.2. The summed E-state index contributed by atoms with van der Waals surface area (Å²) in [5.74, 6) is -1.15. The van der Waals surface area contributed by atoms with Crippen LogP contribution in [-0.2, 0) is 15.8 Å². The zero-order valence-electron chi connectivity index (χ0n) is 15.1. The summed E-state index contributed by atoms with van der Waals surface area (Å²) in [6, 6.07) is 9.65. The van der Waals surface area contributed by atoms with Gasteiger partial charge in [0.2, 0.25) is 10.0 Å². The van der Waals surface area contributed by atoms with Crippen molar-refractivity contribution in [3.63, 3.8) is 0 Å². The molecule has 11 heteroatoms. The van der Waals surface area contributed by atoms with E-state index in [2.05, 4.69) is 30.5 Å². The second-order valence-electron chi connectivity index (χ2n) is 6.02. The van der Waals surface area contributed by atoms with Crippen LogP contribution in [0.15, 0.2) is 54.9 Å². The fourth-order valence-electron chi connectivity index (χ4n) is 2.44. The number of pyridine rings is 1. The maximum absolute atomic E-state index is 13.2. The molecule has 3 aromatic rings. The summed E-state index contributed by atoms with van der Waals surface area (Å²) in [5, 5.41) is 14.0. The fourth-order valence-corrected chi connectivity index (χ4v) is 3.56. The van der Waals surface area contributed by atoms with Crippen LogP contribution < -0.4 is 15.4 Å². The average molecular weight is 420 g/mol. The Morgan fingerprint density at radius 2 is 1.52 bits per heavy atom. The van der Waals surface area contributed by atoms with Crippen LogP contribution in [-0.4, -0.2) is 36.7 Å². The lowest BCUT2D eigenvalue weighted by molar-refractivity contribution is 0.575. The van der Waals surface area contributed by atoms with Crippen LogP contribution in [0.3, 0.4) is 0 Å². The lowest BCUT2D eigenvalue weighted by Gasteiger charge is -2.09. The van der Waals surface area contributed by atoms with Crippen molar-refractivity contribution in [2.24, 2.45) is 0 Å². The Morgan fingerprint density at radius 3 is 2.17 bits per heavy atom. The van der Waals surface area contributed by atoms with Gasteiger partial charge in [-0.3, -0.25) is 4.98 Å². The van der Waals surface area contributed by atoms with Crippen molar-refractivity contribution < 1.29 is 17.2 Å². The highest BCUT2D eigenvalue weighted by Crippen LogP contribution is 2.13. The number of nitrogens with zero attached hydrogens (tertiary/aromatic N) is 3. The van der Waals surface area contributed by atoms with Gasteiger partial charge in [0.1, 0.15) is 17.5 Å². The second kappa shape index (κ2) is 9.34. The van der Waals surface area contributed by atoms with Gasteiger partial charge in [-0.05, 0) is 42.0 Å². The lowest BCUT2D eigenvalue weighted by atomic mass is 10.2. The Kier molecular flexibility index (Phi) is 6.62. The second-order valence-corrected chi connectivity index (χ2v) is 7.83. The molecular formula is C18H18F2N6O2S. The first-order valence-electron chi connectivity index (χ1n) is 8.57. The van der Waals surface area contributed by atoms with Gasteiger partial charge in [-0.25, -0.2) is 21.9 Å². The van der Waals surface area contributed by atoms with E-state index in [1.807, 2.05) is 0 Å². The van der Waals surface area contributed by atoms with E-state index < -0.39 is 27.4 Å². The van der Waals surface area contributed by atoms with Gasteiger partial charge in [0.05, 0.1) is 5.75 Å². The number of benzene rings is 1. The van der Waals surface area contributed by atoms with E-state index >= 15 is 0 Å². The van der Waals surface area contributed by atoms with Gasteiger partial charge in [-0.2, -0.15) is 0 Å². The Morgan fingerprint density at radius 1 is 0.862 bits per heavy atom. The van der Waals surface area contributed by atoms with Crippen LogP contribution in [0.2, 0.25) is 0 Å². The van der Waals surface area contributed by atoms with Crippen molar-refractivity contribution in [2.75, 3.05) is 23.7 Å². The van der Waals surface area contributed by atoms with Crippen molar-refractivity contribution in [3.8, 4) is 0 Å². The van der Waals surface area contributed by atoms with Gasteiger partial charge < -0.3 is 10.6 Å². The van der Waals surface area contributed by atoms with Gasteiger partial charge in [0.15, 0.2) is 5.82 Å². The van der Waals surface area contributed by atoms with Gasteiger partial charge >= 0.3 is 0 Å². The number of rotatable bonds is 9. The SMILES string of the molecule is O=S(=O)(Cc1cc(F)cc(F)c1)NCCNc1ccc(Nc2ccncc2)nn1. The topological polar surface area (TPSA) is 109 Å². The molecule has 0 bridgehead atoms. The molecule has 152 valence electrons. The molecule has 0 aliphatic rings. The van der Waals surface area contributed by atoms with Crippen LogP contribution >= 0.6 is 0 Å². The Hall–Kier alpha value is -3.18. The van der Waals surface area contributed by atoms with Crippen molar-refractivity contribution in [1.82, 2.24) is 19.9 Å². The smallest absolute Gasteiger partial charge is 0.215 e. The summed E-state index contributed by atoms with van der Waals surface area (Å²) < 4.78 is 52.7. The predicted molar refractivity (Wildman–Crippen MR) is 105 cm³/mol. The van der Waals surface area contributed by atoms with E-state index in [0.717, 1.165) is 17.8 Å². The molecule has 0 aliphatic carbocycles. The molecule has 0 aliphatic heterocycles. The number of hydrogen-bond acceptors (Lipinski definition) is 7. The van der Waals surface area contributed by atoms with Crippen LogP contribution in [0.4, 0.5) is 26.1 Å². The third-order valence-corrected chi connectivity index (χ3v) is 5.01. The molecule has 0 radical (unpaired) electrons. The Labute approximate surface area is 166 Å². The molecule has 8 nitrogen and oxygen atoms in total. The normalized spacial score (nSPS) is 11.2. The molecule has 0 fully saturated rings. The third kappa shape index (κ3) is 6.73. The molecular weight excluding hydrogens is 402 g/mol. The van der Waals surface area contributed by atoms with Crippen molar-refractivity contribution in [1.29, 1.82) is 0 Å². The Bertz CT molecular complexity index is 1030. The number of hydrogen-bond donors (Lipinski definition) is 3. The number of sulfonamides is 1. The minimum atomic E-state index is -3.74. The van der Waals surface area contributed by atoms with E-state index in [0.29, 0.717) is 17.7 Å². The first-order chi connectivity index (χ1) is 13.9. The number of halogens is 2. The van der Waals surface area contributed by atoms with Gasteiger partial charge in [-0.15, -0.1) is 10.2 Å². The highest BCUT2D eigenvalue weighted by Gasteiger charge is 2.12. The van der Waals surface area contributed by atoms with E-state index in [1.54, 1.807) is 36.7 Å². The van der Waals surface area contributed by atoms with Crippen LogP contribution in [0, 0.1) is 11.6 Å². The van der Waals surface area contributed by atoms with E-state index in [1.165, 1.54) is 0 Å². The van der Waals surface area contributed by atoms with Gasteiger partial charge in [0, 0.05) is 37.2 Å².